The Morgan fingerprint density at radius 3 is 2.77 bits per heavy atom. The zero-order valence-electron chi connectivity index (χ0n) is 6.72. The van der Waals surface area contributed by atoms with E-state index in [4.69, 9.17) is 10.6 Å². The Kier molecular flexibility index (Phi) is 0.990. The van der Waals surface area contributed by atoms with Gasteiger partial charge in [-0.25, -0.2) is 4.79 Å². The summed E-state index contributed by atoms with van der Waals surface area (Å²) in [5.41, 5.74) is 9.42. The molecule has 8 heteroatoms. The van der Waals surface area contributed by atoms with Crippen LogP contribution in [0.15, 0.2) is 10.9 Å². The predicted molar refractivity (Wildman–Crippen MR) is 41.2 cm³/mol. The first-order valence-electron chi connectivity index (χ1n) is 3.77. The predicted octanol–water partition coefficient (Wildman–Crippen LogP) is -0.739. The zero-order valence-corrected chi connectivity index (χ0v) is 7.62. The number of nitrogens with two attached hydrogens (primary N) is 1. The molecule has 0 amide bonds. The van der Waals surface area contributed by atoms with Gasteiger partial charge in [0, 0.05) is 0 Å². The van der Waals surface area contributed by atoms with Crippen LogP contribution in [0, 0.1) is 0 Å². The Morgan fingerprint density at radius 2 is 2.38 bits per heavy atom. The maximum Gasteiger partial charge on any atom is 0.345 e. The Balaban J connectivity index is 1.66. The molecule has 70 valence electrons. The number of nitrogens with one attached hydrogen (secondary N) is 1. The molecule has 3 N–H and O–H groups in total. The van der Waals surface area contributed by atoms with Gasteiger partial charge in [-0.1, -0.05) is 0 Å². The third-order valence-corrected chi connectivity index (χ3v) is 4.48. The van der Waals surface area contributed by atoms with Gasteiger partial charge >= 0.3 is 5.97 Å². The molecule has 0 radical (unpaired) electrons. The fourth-order valence-electron chi connectivity index (χ4n) is 1.24. The van der Waals surface area contributed by atoms with Gasteiger partial charge in [0.2, 0.25) is 0 Å². The average Bonchev–Trinajstić information content (AvgIpc) is 2.71. The molecule has 13 heavy (non-hydrogen) atoms. The van der Waals surface area contributed by atoms with Gasteiger partial charge in [0.15, 0.2) is 5.44 Å². The van der Waals surface area contributed by atoms with Gasteiger partial charge < -0.3 is 10.6 Å². The molecule has 0 aliphatic carbocycles. The van der Waals surface area contributed by atoms with Gasteiger partial charge in [-0.05, 0) is 6.92 Å². The van der Waals surface area contributed by atoms with Gasteiger partial charge in [0.05, 0.1) is 5.28 Å². The Bertz CT molecular complexity index is 393. The second-order valence-corrected chi connectivity index (χ2v) is 5.52. The molecular weight excluding hydrogens is 195 g/mol. The SMILES string of the molecule is C[C@H](N)C(=O)ON1NC2=C3N1P23=O. The van der Waals surface area contributed by atoms with Crippen LogP contribution >= 0.6 is 7.29 Å². The zero-order chi connectivity index (χ0) is 9.38. The highest BCUT2D eigenvalue weighted by Gasteiger charge is 2.84. The summed E-state index contributed by atoms with van der Waals surface area (Å²) in [6.45, 7) is 1.52. The molecule has 4 heterocycles. The summed E-state index contributed by atoms with van der Waals surface area (Å²) in [4.78, 5) is 15.8. The molecule has 2 bridgehead atoms. The molecule has 0 aromatic rings. The van der Waals surface area contributed by atoms with Crippen molar-refractivity contribution in [1.29, 1.82) is 0 Å². The van der Waals surface area contributed by atoms with Crippen LogP contribution in [-0.2, 0) is 14.2 Å². The second kappa shape index (κ2) is 1.75. The molecule has 2 atom stereocenters. The van der Waals surface area contributed by atoms with E-state index in [1.54, 1.807) is 0 Å². The molecule has 0 aromatic heterocycles. The van der Waals surface area contributed by atoms with E-state index in [0.717, 1.165) is 10.7 Å². The second-order valence-electron chi connectivity index (χ2n) is 3.12. The topological polar surface area (TPSA) is 87.7 Å². The molecule has 2 saturated heterocycles. The number of hydrazine groups is 2. The first-order valence-corrected chi connectivity index (χ1v) is 5.43. The van der Waals surface area contributed by atoms with Crippen LogP contribution < -0.4 is 11.2 Å². The standard InChI is InChI=1S/C5H7N4O3P/c1-2(6)5(10)12-9-7-3-4-8(9)13(3,4)11/h2,7H,6H2,1H3/t2-,8?,13?/m0/s1. The minimum atomic E-state index is -2.27. The van der Waals surface area contributed by atoms with E-state index in [2.05, 4.69) is 5.43 Å². The highest BCUT2D eigenvalue weighted by atomic mass is 31.2. The van der Waals surface area contributed by atoms with Crippen molar-refractivity contribution < 1.29 is 14.2 Å². The minimum Gasteiger partial charge on any atom is -0.326 e. The highest BCUT2D eigenvalue weighted by Crippen LogP contribution is 2.99. The van der Waals surface area contributed by atoms with Crippen molar-refractivity contribution in [2.24, 2.45) is 5.73 Å². The van der Waals surface area contributed by atoms with E-state index >= 15 is 0 Å². The number of fused-ring (bicyclic) bond motifs is 1. The number of hydrogen-bond donors (Lipinski definition) is 2. The van der Waals surface area contributed by atoms with E-state index in [0.29, 0.717) is 5.44 Å². The maximum absolute atomic E-state index is 11.4. The van der Waals surface area contributed by atoms with Crippen LogP contribution in [0.1, 0.15) is 6.92 Å². The maximum atomic E-state index is 11.4. The average molecular weight is 202 g/mol. The van der Waals surface area contributed by atoms with Crippen molar-refractivity contribution in [3.8, 4) is 0 Å². The molecule has 0 spiro atoms. The number of carbonyl (C=O) groups is 1. The van der Waals surface area contributed by atoms with Gasteiger partial charge in [-0.15, -0.1) is 0 Å². The summed E-state index contributed by atoms with van der Waals surface area (Å²) in [6, 6.07) is -0.688. The third-order valence-electron chi connectivity index (χ3n) is 2.09. The normalized spacial score (nSPS) is 35.4. The quantitative estimate of drug-likeness (QED) is 0.450. The third kappa shape index (κ3) is 0.644. The lowest BCUT2D eigenvalue weighted by molar-refractivity contribution is -0.234. The first kappa shape index (κ1) is 7.37. The Morgan fingerprint density at radius 1 is 1.77 bits per heavy atom. The summed E-state index contributed by atoms with van der Waals surface area (Å²) in [7, 11) is -2.27. The molecule has 4 aliphatic heterocycles. The lowest BCUT2D eigenvalue weighted by Gasteiger charge is -2.14. The fraction of sp³-hybridized carbons (Fsp3) is 0.400. The summed E-state index contributed by atoms with van der Waals surface area (Å²) in [6.07, 6.45) is 0. The lowest BCUT2D eigenvalue weighted by atomic mass is 10.4. The summed E-state index contributed by atoms with van der Waals surface area (Å²) < 4.78 is 12.8. The number of carbonyl (C=O) groups excluding carboxylic acids is 1. The number of rotatable bonds is 2. The Labute approximate surface area is 73.4 Å². The van der Waals surface area contributed by atoms with Crippen LogP contribution in [0.3, 0.4) is 0 Å². The smallest absolute Gasteiger partial charge is 0.326 e. The molecular formula is C5H7N4O3P. The largest absolute Gasteiger partial charge is 0.345 e. The lowest BCUT2D eigenvalue weighted by Crippen LogP contribution is -2.40. The van der Waals surface area contributed by atoms with Crippen LogP contribution in [0.5, 0.6) is 0 Å². The van der Waals surface area contributed by atoms with E-state index in [-0.39, 0.29) is 0 Å². The number of nitrogens with zero attached hydrogens (tertiary/aromatic N) is 2. The Hall–Kier alpha value is -1.04. The van der Waals surface area contributed by atoms with Crippen molar-refractivity contribution in [1.82, 2.24) is 15.5 Å². The number of hydrogen-bond acceptors (Lipinski definition) is 6. The van der Waals surface area contributed by atoms with Crippen molar-refractivity contribution in [3.05, 3.63) is 10.9 Å². The molecule has 0 aromatic carbocycles. The summed E-state index contributed by atoms with van der Waals surface area (Å²) in [5.74, 6) is -0.562. The van der Waals surface area contributed by atoms with Crippen LogP contribution in [0.4, 0.5) is 0 Å². The minimum absolute atomic E-state index is 0.562. The van der Waals surface area contributed by atoms with Crippen LogP contribution in [-0.4, -0.2) is 22.1 Å². The molecule has 1 unspecified atom stereocenters. The van der Waals surface area contributed by atoms with E-state index in [1.165, 1.54) is 11.7 Å². The molecule has 0 saturated carbocycles. The van der Waals surface area contributed by atoms with Crippen molar-refractivity contribution in [3.63, 3.8) is 0 Å². The van der Waals surface area contributed by atoms with Gasteiger partial charge in [-0.2, -0.15) is 4.78 Å². The summed E-state index contributed by atoms with van der Waals surface area (Å²) >= 11 is 0. The molecule has 4 aliphatic rings. The van der Waals surface area contributed by atoms with E-state index in [1.807, 2.05) is 0 Å². The molecule has 7 nitrogen and oxygen atoms in total. The fourth-order valence-corrected chi connectivity index (χ4v) is 3.45. The first-order chi connectivity index (χ1) is 6.06. The van der Waals surface area contributed by atoms with Gasteiger partial charge in [0.1, 0.15) is 11.5 Å². The molecule has 2 fully saturated rings. The van der Waals surface area contributed by atoms with Crippen LogP contribution in [0.2, 0.25) is 0 Å². The van der Waals surface area contributed by atoms with Crippen molar-refractivity contribution in [2.75, 3.05) is 0 Å². The highest BCUT2D eigenvalue weighted by molar-refractivity contribution is 7.85. The van der Waals surface area contributed by atoms with Crippen LogP contribution in [0.25, 0.3) is 0 Å². The van der Waals surface area contributed by atoms with Gasteiger partial charge in [0.25, 0.3) is 7.29 Å². The van der Waals surface area contributed by atoms with Crippen molar-refractivity contribution >= 4 is 13.3 Å². The molecule has 4 rings (SSSR count). The van der Waals surface area contributed by atoms with E-state index < -0.39 is 19.3 Å². The van der Waals surface area contributed by atoms with Crippen molar-refractivity contribution in [2.45, 2.75) is 13.0 Å². The summed E-state index contributed by atoms with van der Waals surface area (Å²) in [5, 5.41) is 1.08. The van der Waals surface area contributed by atoms with E-state index in [9.17, 15) is 9.36 Å². The van der Waals surface area contributed by atoms with Gasteiger partial charge in [-0.3, -0.25) is 9.99 Å². The monoisotopic (exact) mass is 202 g/mol.